The molecule has 6 aliphatic rings. The maximum Gasteiger partial charge on any atom is 0.0959 e. The van der Waals surface area contributed by atoms with Crippen molar-refractivity contribution in [2.45, 2.75) is 77.0 Å². The van der Waals surface area contributed by atoms with Gasteiger partial charge in [-0.15, -0.1) is 0 Å². The van der Waals surface area contributed by atoms with Crippen LogP contribution in [0.2, 0.25) is 0 Å². The van der Waals surface area contributed by atoms with Gasteiger partial charge in [-0.1, -0.05) is 55.7 Å². The van der Waals surface area contributed by atoms with Gasteiger partial charge in [0, 0.05) is 12.8 Å². The molecule has 0 fully saturated rings. The van der Waals surface area contributed by atoms with Gasteiger partial charge in [-0.25, -0.2) is 0 Å². The summed E-state index contributed by atoms with van der Waals surface area (Å²) in [6.07, 6.45) is 18.7. The van der Waals surface area contributed by atoms with Gasteiger partial charge in [0.25, 0.3) is 0 Å². The molecule has 2 nitrogen and oxygen atoms in total. The third-order valence-corrected chi connectivity index (χ3v) is 8.37. The topological polar surface area (TPSA) is 18.5 Å². The molecule has 0 N–H and O–H groups in total. The summed E-state index contributed by atoms with van der Waals surface area (Å²) in [6, 6.07) is 0. The summed E-state index contributed by atoms with van der Waals surface area (Å²) in [7, 11) is 3.64. The van der Waals surface area contributed by atoms with Crippen molar-refractivity contribution < 1.29 is 9.47 Å². The molecule has 0 aromatic rings. The van der Waals surface area contributed by atoms with Crippen molar-refractivity contribution in [3.05, 3.63) is 79.4 Å². The van der Waals surface area contributed by atoms with Crippen molar-refractivity contribution in [2.75, 3.05) is 14.2 Å². The lowest BCUT2D eigenvalue weighted by Gasteiger charge is -2.38. The fourth-order valence-electron chi connectivity index (χ4n) is 6.59. The summed E-state index contributed by atoms with van der Waals surface area (Å²) in [4.78, 5) is 0. The standard InChI is InChI=1S/C28H32O2/c1-29-27-5-3-17-7-19-9-21-10-20-8-18-4-6-28(30-2)16-26(18)14-24(20)12-22(21)11-23(19)13-25(17)15-27/h5-6H,3-4,7-16H2,1-2H3. The van der Waals surface area contributed by atoms with Crippen LogP contribution in [-0.2, 0) is 9.47 Å². The van der Waals surface area contributed by atoms with E-state index in [-0.39, 0.29) is 0 Å². The van der Waals surface area contributed by atoms with Gasteiger partial charge in [0.15, 0.2) is 0 Å². The minimum absolute atomic E-state index is 1.04. The Bertz CT molecular complexity index is 966. The third kappa shape index (κ3) is 3.07. The Balaban J connectivity index is 1.16. The predicted molar refractivity (Wildman–Crippen MR) is 121 cm³/mol. The molecule has 0 atom stereocenters. The van der Waals surface area contributed by atoms with Crippen LogP contribution in [0.5, 0.6) is 0 Å². The number of hydrogen-bond donors (Lipinski definition) is 0. The molecule has 2 heteroatoms. The van der Waals surface area contributed by atoms with Crippen LogP contribution < -0.4 is 0 Å². The second kappa shape index (κ2) is 7.18. The van der Waals surface area contributed by atoms with Gasteiger partial charge in [0.1, 0.15) is 0 Å². The van der Waals surface area contributed by atoms with Crippen molar-refractivity contribution in [2.24, 2.45) is 0 Å². The first-order chi connectivity index (χ1) is 14.7. The Morgan fingerprint density at radius 2 is 0.667 bits per heavy atom. The van der Waals surface area contributed by atoms with Crippen LogP contribution >= 0.6 is 0 Å². The van der Waals surface area contributed by atoms with Crippen LogP contribution in [0.3, 0.4) is 0 Å². The molecule has 0 saturated heterocycles. The average molecular weight is 401 g/mol. The molecule has 0 amide bonds. The third-order valence-electron chi connectivity index (χ3n) is 8.37. The molecule has 0 unspecified atom stereocenters. The van der Waals surface area contributed by atoms with Crippen LogP contribution in [-0.4, -0.2) is 14.2 Å². The van der Waals surface area contributed by atoms with E-state index in [1.54, 1.807) is 55.7 Å². The molecule has 0 bridgehead atoms. The van der Waals surface area contributed by atoms with Gasteiger partial charge in [-0.05, 0) is 76.4 Å². The van der Waals surface area contributed by atoms with E-state index >= 15 is 0 Å². The zero-order valence-electron chi connectivity index (χ0n) is 18.5. The summed E-state index contributed by atoms with van der Waals surface area (Å²) in [5.74, 6) is 2.34. The van der Waals surface area contributed by atoms with Gasteiger partial charge in [0.2, 0.25) is 0 Å². The molecular formula is C28H32O2. The molecule has 0 aromatic carbocycles. The van der Waals surface area contributed by atoms with E-state index in [9.17, 15) is 0 Å². The van der Waals surface area contributed by atoms with E-state index in [1.807, 2.05) is 14.2 Å². The predicted octanol–water partition coefficient (Wildman–Crippen LogP) is 7.29. The highest BCUT2D eigenvalue weighted by molar-refractivity contribution is 5.51. The van der Waals surface area contributed by atoms with Crippen LogP contribution in [0, 0.1) is 0 Å². The fraction of sp³-hybridized carbons (Fsp3) is 0.500. The second-order valence-electron chi connectivity index (χ2n) is 9.96. The van der Waals surface area contributed by atoms with E-state index in [0.29, 0.717) is 0 Å². The number of rotatable bonds is 2. The van der Waals surface area contributed by atoms with Crippen molar-refractivity contribution in [1.29, 1.82) is 0 Å². The van der Waals surface area contributed by atoms with E-state index in [2.05, 4.69) is 12.2 Å². The van der Waals surface area contributed by atoms with E-state index in [0.717, 1.165) is 25.7 Å². The quantitative estimate of drug-likeness (QED) is 0.453. The first-order valence-corrected chi connectivity index (χ1v) is 11.6. The number of hydrogen-bond acceptors (Lipinski definition) is 2. The first kappa shape index (κ1) is 18.5. The molecule has 6 rings (SSSR count). The van der Waals surface area contributed by atoms with E-state index in [1.165, 1.54) is 62.9 Å². The molecule has 0 spiro atoms. The maximum absolute atomic E-state index is 5.56. The summed E-state index contributed by atoms with van der Waals surface area (Å²) in [6.45, 7) is 0. The van der Waals surface area contributed by atoms with E-state index < -0.39 is 0 Å². The number of methoxy groups -OCH3 is 2. The minimum Gasteiger partial charge on any atom is -0.501 e. The molecular weight excluding hydrogens is 368 g/mol. The molecule has 156 valence electrons. The normalized spacial score (nSPS) is 25.8. The molecule has 0 radical (unpaired) electrons. The Kier molecular flexibility index (Phi) is 4.44. The van der Waals surface area contributed by atoms with Crippen LogP contribution in [0.25, 0.3) is 0 Å². The van der Waals surface area contributed by atoms with Crippen LogP contribution in [0.4, 0.5) is 0 Å². The summed E-state index contributed by atoms with van der Waals surface area (Å²) in [5.41, 5.74) is 17.2. The fourth-order valence-corrected chi connectivity index (χ4v) is 6.59. The first-order valence-electron chi connectivity index (χ1n) is 11.6. The largest absolute Gasteiger partial charge is 0.501 e. The van der Waals surface area contributed by atoms with Gasteiger partial charge >= 0.3 is 0 Å². The van der Waals surface area contributed by atoms with Crippen molar-refractivity contribution >= 4 is 0 Å². The Morgan fingerprint density at radius 3 is 0.967 bits per heavy atom. The van der Waals surface area contributed by atoms with Crippen molar-refractivity contribution in [1.82, 2.24) is 0 Å². The molecule has 0 saturated carbocycles. The van der Waals surface area contributed by atoms with Crippen molar-refractivity contribution in [3.8, 4) is 0 Å². The second-order valence-corrected chi connectivity index (χ2v) is 9.96. The summed E-state index contributed by atoms with van der Waals surface area (Å²) < 4.78 is 11.1. The molecule has 30 heavy (non-hydrogen) atoms. The van der Waals surface area contributed by atoms with Gasteiger partial charge < -0.3 is 9.47 Å². The van der Waals surface area contributed by atoms with E-state index in [4.69, 9.17) is 9.47 Å². The smallest absolute Gasteiger partial charge is 0.0959 e. The van der Waals surface area contributed by atoms with Crippen LogP contribution in [0.15, 0.2) is 79.4 Å². The molecule has 0 aromatic heterocycles. The van der Waals surface area contributed by atoms with Crippen LogP contribution in [0.1, 0.15) is 77.0 Å². The number of ether oxygens (including phenoxy) is 2. The Labute approximate surface area is 180 Å². The summed E-state index contributed by atoms with van der Waals surface area (Å²) >= 11 is 0. The SMILES string of the molecule is COC1=CCC2=C(C1)CC1=C(C2)CC2=C(C1)CC1=C(CC3=C(CC(OC)=CC3)C1)C2. The lowest BCUT2D eigenvalue weighted by Crippen LogP contribution is -2.19. The zero-order chi connectivity index (χ0) is 20.2. The zero-order valence-corrected chi connectivity index (χ0v) is 18.5. The van der Waals surface area contributed by atoms with Gasteiger partial charge in [-0.2, -0.15) is 0 Å². The highest BCUT2D eigenvalue weighted by Gasteiger charge is 2.33. The average Bonchev–Trinajstić information content (AvgIpc) is 2.78. The Morgan fingerprint density at radius 1 is 0.400 bits per heavy atom. The van der Waals surface area contributed by atoms with Crippen molar-refractivity contribution in [3.63, 3.8) is 0 Å². The molecule has 0 heterocycles. The minimum atomic E-state index is 1.04. The maximum atomic E-state index is 5.56. The summed E-state index contributed by atoms with van der Waals surface area (Å²) in [5, 5.41) is 0. The number of allylic oxidation sites excluding steroid dienone is 12. The van der Waals surface area contributed by atoms with Gasteiger partial charge in [-0.3, -0.25) is 0 Å². The lowest BCUT2D eigenvalue weighted by molar-refractivity contribution is 0.278. The lowest BCUT2D eigenvalue weighted by atomic mass is 9.68. The highest BCUT2D eigenvalue weighted by Crippen LogP contribution is 2.51. The highest BCUT2D eigenvalue weighted by atomic mass is 16.5. The van der Waals surface area contributed by atoms with Gasteiger partial charge in [0.05, 0.1) is 25.7 Å². The monoisotopic (exact) mass is 400 g/mol. The Hall–Kier alpha value is -2.22. The molecule has 0 aliphatic heterocycles. The molecule has 6 aliphatic carbocycles.